The standard InChI is InChI=1S/C17H23NO5/c1-11(17(20)22-4)9-18(2)16(19)13-7-12-5-6-14(21-3)8-15(12)23-10-13/h5-6,8,11,13H,7,9-10H2,1-4H3/t11-,13+/m0/s1. The van der Waals surface area contributed by atoms with E-state index in [0.717, 1.165) is 17.1 Å². The Morgan fingerprint density at radius 2 is 2.13 bits per heavy atom. The number of hydrogen-bond donors (Lipinski definition) is 0. The van der Waals surface area contributed by atoms with E-state index in [9.17, 15) is 9.59 Å². The molecule has 23 heavy (non-hydrogen) atoms. The molecule has 2 atom stereocenters. The van der Waals surface area contributed by atoms with Crippen LogP contribution in [0, 0.1) is 11.8 Å². The highest BCUT2D eigenvalue weighted by Crippen LogP contribution is 2.31. The van der Waals surface area contributed by atoms with Crippen LogP contribution in [-0.2, 0) is 20.7 Å². The van der Waals surface area contributed by atoms with Gasteiger partial charge in [0.25, 0.3) is 0 Å². The molecule has 2 rings (SSSR count). The lowest BCUT2D eigenvalue weighted by Gasteiger charge is -2.29. The maximum absolute atomic E-state index is 12.5. The van der Waals surface area contributed by atoms with Gasteiger partial charge >= 0.3 is 5.97 Å². The molecule has 0 spiro atoms. The van der Waals surface area contributed by atoms with Crippen molar-refractivity contribution in [1.82, 2.24) is 4.90 Å². The Kier molecular flexibility index (Phi) is 5.47. The fourth-order valence-electron chi connectivity index (χ4n) is 2.73. The van der Waals surface area contributed by atoms with Crippen LogP contribution in [0.1, 0.15) is 12.5 Å². The maximum Gasteiger partial charge on any atom is 0.310 e. The van der Waals surface area contributed by atoms with Crippen LogP contribution in [0.5, 0.6) is 11.5 Å². The zero-order valence-corrected chi connectivity index (χ0v) is 14.0. The summed E-state index contributed by atoms with van der Waals surface area (Å²) in [6.45, 7) is 2.40. The molecule has 0 radical (unpaired) electrons. The van der Waals surface area contributed by atoms with Gasteiger partial charge in [-0.3, -0.25) is 9.59 Å². The lowest BCUT2D eigenvalue weighted by atomic mass is 9.95. The molecule has 6 heteroatoms. The Morgan fingerprint density at radius 1 is 1.39 bits per heavy atom. The third kappa shape index (κ3) is 3.94. The molecule has 0 saturated heterocycles. The first-order valence-electron chi connectivity index (χ1n) is 7.58. The van der Waals surface area contributed by atoms with Crippen molar-refractivity contribution in [2.75, 3.05) is 34.4 Å². The van der Waals surface area contributed by atoms with E-state index in [1.54, 1.807) is 26.0 Å². The maximum atomic E-state index is 12.5. The van der Waals surface area contributed by atoms with Crippen molar-refractivity contribution in [2.24, 2.45) is 11.8 Å². The van der Waals surface area contributed by atoms with Crippen LogP contribution >= 0.6 is 0 Å². The number of amides is 1. The van der Waals surface area contributed by atoms with Crippen LogP contribution in [0.2, 0.25) is 0 Å². The van der Waals surface area contributed by atoms with Crippen molar-refractivity contribution < 1.29 is 23.8 Å². The Balaban J connectivity index is 1.99. The number of carbonyl (C=O) groups is 2. The fraction of sp³-hybridized carbons (Fsp3) is 0.529. The van der Waals surface area contributed by atoms with Gasteiger partial charge in [0.15, 0.2) is 0 Å². The summed E-state index contributed by atoms with van der Waals surface area (Å²) < 4.78 is 15.6. The van der Waals surface area contributed by atoms with E-state index in [1.807, 2.05) is 18.2 Å². The summed E-state index contributed by atoms with van der Waals surface area (Å²) in [5, 5.41) is 0. The predicted octanol–water partition coefficient (Wildman–Crippen LogP) is 1.51. The fourth-order valence-corrected chi connectivity index (χ4v) is 2.73. The molecule has 0 N–H and O–H groups in total. The molecule has 0 bridgehead atoms. The van der Waals surface area contributed by atoms with Gasteiger partial charge in [-0.1, -0.05) is 13.0 Å². The minimum atomic E-state index is -0.352. The van der Waals surface area contributed by atoms with E-state index in [0.29, 0.717) is 19.6 Å². The second-order valence-corrected chi connectivity index (χ2v) is 5.83. The minimum Gasteiger partial charge on any atom is -0.497 e. The van der Waals surface area contributed by atoms with Crippen molar-refractivity contribution in [3.05, 3.63) is 23.8 Å². The number of hydrogen-bond acceptors (Lipinski definition) is 5. The first-order valence-corrected chi connectivity index (χ1v) is 7.58. The molecule has 0 aliphatic carbocycles. The van der Waals surface area contributed by atoms with Crippen LogP contribution in [0.25, 0.3) is 0 Å². The van der Waals surface area contributed by atoms with Crippen LogP contribution in [0.3, 0.4) is 0 Å². The monoisotopic (exact) mass is 321 g/mol. The number of methoxy groups -OCH3 is 2. The zero-order valence-electron chi connectivity index (χ0n) is 14.0. The molecule has 126 valence electrons. The summed E-state index contributed by atoms with van der Waals surface area (Å²) >= 11 is 0. The van der Waals surface area contributed by atoms with Crippen molar-refractivity contribution >= 4 is 11.9 Å². The Hall–Kier alpha value is -2.24. The molecule has 1 aromatic rings. The number of rotatable bonds is 5. The molecule has 6 nitrogen and oxygen atoms in total. The molecule has 1 amide bonds. The molecule has 1 heterocycles. The van der Waals surface area contributed by atoms with Crippen molar-refractivity contribution in [1.29, 1.82) is 0 Å². The molecular weight excluding hydrogens is 298 g/mol. The Morgan fingerprint density at radius 3 is 2.78 bits per heavy atom. The SMILES string of the molecule is COC(=O)[C@@H](C)CN(C)C(=O)[C@H]1COc2cc(OC)ccc2C1. The highest BCUT2D eigenvalue weighted by molar-refractivity contribution is 5.80. The van der Waals surface area contributed by atoms with Gasteiger partial charge in [0.2, 0.25) is 5.91 Å². The van der Waals surface area contributed by atoms with Gasteiger partial charge < -0.3 is 19.1 Å². The third-order valence-electron chi connectivity index (χ3n) is 4.06. The summed E-state index contributed by atoms with van der Waals surface area (Å²) in [5.41, 5.74) is 0.991. The highest BCUT2D eigenvalue weighted by atomic mass is 16.5. The molecular formula is C17H23NO5. The van der Waals surface area contributed by atoms with E-state index in [1.165, 1.54) is 7.11 Å². The molecule has 1 aliphatic rings. The molecule has 0 aromatic heterocycles. The van der Waals surface area contributed by atoms with E-state index >= 15 is 0 Å². The molecule has 0 fully saturated rings. The van der Waals surface area contributed by atoms with Gasteiger partial charge in [0.05, 0.1) is 26.1 Å². The normalized spacial score (nSPS) is 17.5. The highest BCUT2D eigenvalue weighted by Gasteiger charge is 2.29. The van der Waals surface area contributed by atoms with Gasteiger partial charge in [0, 0.05) is 19.7 Å². The largest absolute Gasteiger partial charge is 0.497 e. The quantitative estimate of drug-likeness (QED) is 0.769. The lowest BCUT2D eigenvalue weighted by Crippen LogP contribution is -2.41. The van der Waals surface area contributed by atoms with Gasteiger partial charge in [-0.05, 0) is 18.1 Å². The first-order chi connectivity index (χ1) is 11.0. The number of ether oxygens (including phenoxy) is 3. The molecule has 1 aromatic carbocycles. The number of benzene rings is 1. The number of nitrogens with zero attached hydrogens (tertiary/aromatic N) is 1. The third-order valence-corrected chi connectivity index (χ3v) is 4.06. The average Bonchev–Trinajstić information content (AvgIpc) is 2.59. The van der Waals surface area contributed by atoms with Crippen molar-refractivity contribution in [3.63, 3.8) is 0 Å². The number of esters is 1. The summed E-state index contributed by atoms with van der Waals surface area (Å²) in [6.07, 6.45) is 0.620. The van der Waals surface area contributed by atoms with Crippen molar-refractivity contribution in [2.45, 2.75) is 13.3 Å². The minimum absolute atomic E-state index is 0.0257. The topological polar surface area (TPSA) is 65.1 Å². The average molecular weight is 321 g/mol. The Labute approximate surface area is 136 Å². The molecule has 0 unspecified atom stereocenters. The van der Waals surface area contributed by atoms with E-state index in [-0.39, 0.29) is 23.7 Å². The van der Waals surface area contributed by atoms with Crippen LogP contribution in [0.15, 0.2) is 18.2 Å². The summed E-state index contributed by atoms with van der Waals surface area (Å²) in [6, 6.07) is 5.61. The second-order valence-electron chi connectivity index (χ2n) is 5.83. The van der Waals surface area contributed by atoms with Crippen LogP contribution in [0.4, 0.5) is 0 Å². The van der Waals surface area contributed by atoms with Crippen LogP contribution in [-0.4, -0.2) is 51.2 Å². The first kappa shape index (κ1) is 17.1. The van der Waals surface area contributed by atoms with Crippen LogP contribution < -0.4 is 9.47 Å². The second kappa shape index (κ2) is 7.35. The Bertz CT molecular complexity index is 586. The summed E-state index contributed by atoms with van der Waals surface area (Å²) in [5.74, 6) is 0.557. The van der Waals surface area contributed by atoms with Gasteiger partial charge in [0.1, 0.15) is 18.1 Å². The van der Waals surface area contributed by atoms with E-state index < -0.39 is 0 Å². The lowest BCUT2D eigenvalue weighted by molar-refractivity contribution is -0.146. The van der Waals surface area contributed by atoms with Crippen molar-refractivity contribution in [3.8, 4) is 11.5 Å². The van der Waals surface area contributed by atoms with Gasteiger partial charge in [-0.2, -0.15) is 0 Å². The zero-order chi connectivity index (χ0) is 17.0. The summed E-state index contributed by atoms with van der Waals surface area (Å²) in [7, 11) is 4.65. The molecule has 1 aliphatic heterocycles. The number of carbonyl (C=O) groups excluding carboxylic acids is 2. The van der Waals surface area contributed by atoms with E-state index in [4.69, 9.17) is 14.2 Å². The predicted molar refractivity (Wildman–Crippen MR) is 84.5 cm³/mol. The smallest absolute Gasteiger partial charge is 0.310 e. The van der Waals surface area contributed by atoms with Gasteiger partial charge in [-0.15, -0.1) is 0 Å². The number of fused-ring (bicyclic) bond motifs is 1. The molecule has 0 saturated carbocycles. The summed E-state index contributed by atoms with van der Waals surface area (Å²) in [4.78, 5) is 25.6. The van der Waals surface area contributed by atoms with Gasteiger partial charge in [-0.25, -0.2) is 0 Å². The van der Waals surface area contributed by atoms with E-state index in [2.05, 4.69) is 0 Å².